The molecule has 3 aromatic rings. The van der Waals surface area contributed by atoms with Crippen LogP contribution in [0.2, 0.25) is 0 Å². The summed E-state index contributed by atoms with van der Waals surface area (Å²) in [6.45, 7) is 7.68. The van der Waals surface area contributed by atoms with E-state index in [1.807, 2.05) is 35.7 Å². The van der Waals surface area contributed by atoms with E-state index in [1.54, 1.807) is 0 Å². The molecule has 5 nitrogen and oxygen atoms in total. The normalized spacial score (nSPS) is 11.7. The summed E-state index contributed by atoms with van der Waals surface area (Å²) >= 11 is 1.40. The van der Waals surface area contributed by atoms with Crippen LogP contribution in [-0.4, -0.2) is 16.8 Å². The molecular weight excluding hydrogens is 382 g/mol. The minimum absolute atomic E-state index is 0.140. The Balaban J connectivity index is 1.74. The average Bonchev–Trinajstić information content (AvgIpc) is 3.08. The number of hydrogen-bond donors (Lipinski definition) is 2. The first-order valence-electron chi connectivity index (χ1n) is 9.49. The van der Waals surface area contributed by atoms with Crippen LogP contribution < -0.4 is 10.6 Å². The number of benzene rings is 2. The highest BCUT2D eigenvalue weighted by Crippen LogP contribution is 2.31. The van der Waals surface area contributed by atoms with Crippen molar-refractivity contribution >= 4 is 28.3 Å². The van der Waals surface area contributed by atoms with Crippen LogP contribution in [0.1, 0.15) is 41.6 Å². The van der Waals surface area contributed by atoms with E-state index in [-0.39, 0.29) is 24.3 Å². The van der Waals surface area contributed by atoms with Gasteiger partial charge in [-0.1, -0.05) is 48.0 Å². The predicted octanol–water partition coefficient (Wildman–Crippen LogP) is 4.94. The molecule has 0 radical (unpaired) electrons. The number of nitrogens with one attached hydrogen (secondary N) is 2. The molecule has 0 aliphatic rings. The first kappa shape index (κ1) is 20.7. The number of aromatic nitrogens is 1. The minimum Gasteiger partial charge on any atom is -0.349 e. The molecule has 0 aliphatic heterocycles. The number of thiazole rings is 1. The highest BCUT2D eigenvalue weighted by atomic mass is 32.1. The Morgan fingerprint density at radius 3 is 2.34 bits per heavy atom. The van der Waals surface area contributed by atoms with Gasteiger partial charge in [-0.3, -0.25) is 9.59 Å². The molecule has 0 fully saturated rings. The van der Waals surface area contributed by atoms with Crippen molar-refractivity contribution in [1.29, 1.82) is 0 Å². The number of amides is 2. The third-order valence-corrected chi connectivity index (χ3v) is 5.41. The lowest BCUT2D eigenvalue weighted by atomic mass is 9.98. The van der Waals surface area contributed by atoms with E-state index >= 15 is 0 Å². The van der Waals surface area contributed by atoms with Gasteiger partial charge >= 0.3 is 0 Å². The predicted molar refractivity (Wildman–Crippen MR) is 118 cm³/mol. The summed E-state index contributed by atoms with van der Waals surface area (Å²) < 4.78 is 0. The lowest BCUT2D eigenvalue weighted by Crippen LogP contribution is -2.29. The molecule has 2 aromatic carbocycles. The summed E-state index contributed by atoms with van der Waals surface area (Å²) in [5.74, 6) is -0.362. The number of hydrogen-bond acceptors (Lipinski definition) is 4. The Morgan fingerprint density at radius 1 is 1.07 bits per heavy atom. The molecule has 2 amide bonds. The summed E-state index contributed by atoms with van der Waals surface area (Å²) in [4.78, 5) is 28.8. The molecule has 29 heavy (non-hydrogen) atoms. The van der Waals surface area contributed by atoms with Gasteiger partial charge in [0.2, 0.25) is 11.8 Å². The van der Waals surface area contributed by atoms with Gasteiger partial charge in [0.15, 0.2) is 5.13 Å². The smallest absolute Gasteiger partial charge is 0.228 e. The zero-order chi connectivity index (χ0) is 21.0. The van der Waals surface area contributed by atoms with Crippen LogP contribution in [0.4, 0.5) is 5.13 Å². The number of nitrogens with zero attached hydrogens (tertiary/aromatic N) is 1. The Kier molecular flexibility index (Phi) is 6.44. The van der Waals surface area contributed by atoms with E-state index in [1.165, 1.54) is 35.0 Å². The third kappa shape index (κ3) is 5.29. The van der Waals surface area contributed by atoms with Gasteiger partial charge in [0.1, 0.15) is 0 Å². The van der Waals surface area contributed by atoms with Crippen molar-refractivity contribution in [3.05, 3.63) is 70.1 Å². The number of anilines is 1. The molecule has 150 valence electrons. The van der Waals surface area contributed by atoms with Crippen LogP contribution in [0, 0.1) is 20.8 Å². The van der Waals surface area contributed by atoms with Crippen molar-refractivity contribution in [2.45, 2.75) is 40.2 Å². The molecule has 0 spiro atoms. The molecule has 1 atom stereocenters. The highest BCUT2D eigenvalue weighted by molar-refractivity contribution is 7.14. The van der Waals surface area contributed by atoms with Crippen LogP contribution in [0.25, 0.3) is 11.3 Å². The second-order valence-corrected chi connectivity index (χ2v) is 8.09. The van der Waals surface area contributed by atoms with E-state index in [2.05, 4.69) is 48.5 Å². The Hall–Kier alpha value is -2.99. The topological polar surface area (TPSA) is 71.1 Å². The van der Waals surface area contributed by atoms with E-state index < -0.39 is 0 Å². The van der Waals surface area contributed by atoms with E-state index in [0.717, 1.165) is 16.8 Å². The average molecular weight is 408 g/mol. The summed E-state index contributed by atoms with van der Waals surface area (Å²) in [6.07, 6.45) is 0.140. The van der Waals surface area contributed by atoms with Crippen LogP contribution in [0.5, 0.6) is 0 Å². The molecule has 1 aromatic heterocycles. The van der Waals surface area contributed by atoms with Gasteiger partial charge in [-0.05, 0) is 37.5 Å². The summed E-state index contributed by atoms with van der Waals surface area (Å²) in [6, 6.07) is 13.4. The summed E-state index contributed by atoms with van der Waals surface area (Å²) in [5, 5.41) is 8.24. The monoisotopic (exact) mass is 407 g/mol. The fourth-order valence-corrected chi connectivity index (χ4v) is 4.29. The molecule has 0 bridgehead atoms. The molecule has 2 N–H and O–H groups in total. The standard InChI is InChI=1S/C23H25N3O2S/c1-14-10-15(2)22(16(3)11-14)20-13-29-23(25-20)26-21(28)12-19(24-17(4)27)18-8-6-5-7-9-18/h5-11,13,19H,12H2,1-4H3,(H,24,27)(H,25,26,28)/t19-/m1/s1. The molecule has 0 aliphatic carbocycles. The fourth-order valence-electron chi connectivity index (χ4n) is 3.57. The molecule has 6 heteroatoms. The SMILES string of the molecule is CC(=O)N[C@H](CC(=O)Nc1nc(-c2c(C)cc(C)cc2C)cs1)c1ccccc1. The van der Waals surface area contributed by atoms with E-state index in [0.29, 0.717) is 5.13 Å². The zero-order valence-corrected chi connectivity index (χ0v) is 17.9. The quantitative estimate of drug-likeness (QED) is 0.608. The van der Waals surface area contributed by atoms with Gasteiger partial charge < -0.3 is 10.6 Å². The van der Waals surface area contributed by atoms with Crippen LogP contribution in [0.3, 0.4) is 0 Å². The van der Waals surface area contributed by atoms with Gasteiger partial charge in [0.05, 0.1) is 18.2 Å². The van der Waals surface area contributed by atoms with Crippen molar-refractivity contribution in [3.8, 4) is 11.3 Å². The largest absolute Gasteiger partial charge is 0.349 e. The maximum Gasteiger partial charge on any atom is 0.228 e. The maximum atomic E-state index is 12.6. The Morgan fingerprint density at radius 2 is 1.72 bits per heavy atom. The lowest BCUT2D eigenvalue weighted by Gasteiger charge is -2.17. The van der Waals surface area contributed by atoms with Gasteiger partial charge in [-0.25, -0.2) is 4.98 Å². The number of carbonyl (C=O) groups is 2. The lowest BCUT2D eigenvalue weighted by molar-refractivity contribution is -0.120. The van der Waals surface area contributed by atoms with Crippen molar-refractivity contribution in [2.75, 3.05) is 5.32 Å². The molecule has 0 saturated heterocycles. The summed E-state index contributed by atoms with van der Waals surface area (Å²) in [7, 11) is 0. The summed E-state index contributed by atoms with van der Waals surface area (Å²) in [5.41, 5.74) is 6.41. The van der Waals surface area contributed by atoms with Crippen molar-refractivity contribution < 1.29 is 9.59 Å². The molecular formula is C23H25N3O2S. The molecule has 0 saturated carbocycles. The van der Waals surface area contributed by atoms with Crippen LogP contribution in [0.15, 0.2) is 47.8 Å². The van der Waals surface area contributed by atoms with Gasteiger partial charge in [-0.15, -0.1) is 11.3 Å². The minimum atomic E-state index is -0.380. The molecule has 1 heterocycles. The number of rotatable bonds is 6. The number of aryl methyl sites for hydroxylation is 3. The van der Waals surface area contributed by atoms with E-state index in [9.17, 15) is 9.59 Å². The van der Waals surface area contributed by atoms with Gasteiger partial charge in [-0.2, -0.15) is 0 Å². The van der Waals surface area contributed by atoms with Crippen LogP contribution in [-0.2, 0) is 9.59 Å². The molecule has 3 rings (SSSR count). The van der Waals surface area contributed by atoms with Crippen molar-refractivity contribution in [1.82, 2.24) is 10.3 Å². The molecule has 0 unspecified atom stereocenters. The highest BCUT2D eigenvalue weighted by Gasteiger charge is 2.18. The zero-order valence-electron chi connectivity index (χ0n) is 17.1. The first-order valence-corrected chi connectivity index (χ1v) is 10.4. The second-order valence-electron chi connectivity index (χ2n) is 7.23. The number of carbonyl (C=O) groups excluding carboxylic acids is 2. The Labute approximate surface area is 175 Å². The van der Waals surface area contributed by atoms with Gasteiger partial charge in [0, 0.05) is 17.9 Å². The van der Waals surface area contributed by atoms with E-state index in [4.69, 9.17) is 0 Å². The third-order valence-electron chi connectivity index (χ3n) is 4.65. The second kappa shape index (κ2) is 9.01. The van der Waals surface area contributed by atoms with Gasteiger partial charge in [0.25, 0.3) is 0 Å². The van der Waals surface area contributed by atoms with Crippen LogP contribution >= 0.6 is 11.3 Å². The first-order chi connectivity index (χ1) is 13.8. The Bertz CT molecular complexity index is 1000. The van der Waals surface area contributed by atoms with Crippen molar-refractivity contribution in [2.24, 2.45) is 0 Å². The maximum absolute atomic E-state index is 12.6. The van der Waals surface area contributed by atoms with Crippen molar-refractivity contribution in [3.63, 3.8) is 0 Å². The fraction of sp³-hybridized carbons (Fsp3) is 0.261.